The number of aryl methyl sites for hydroxylation is 1. The molecule has 2 aromatic carbocycles. The van der Waals surface area contributed by atoms with Gasteiger partial charge in [0.15, 0.2) is 0 Å². The molecule has 1 heterocycles. The molecule has 0 saturated carbocycles. The molecular weight excluding hydrogens is 324 g/mol. The number of para-hydroxylation sites is 1. The van der Waals surface area contributed by atoms with Gasteiger partial charge in [-0.25, -0.2) is 0 Å². The number of fused-ring (bicyclic) bond motifs is 1. The lowest BCUT2D eigenvalue weighted by atomic mass is 10.1. The van der Waals surface area contributed by atoms with Crippen LogP contribution in [0.5, 0.6) is 5.75 Å². The Morgan fingerprint density at radius 2 is 1.92 bits per heavy atom. The van der Waals surface area contributed by atoms with Crippen molar-refractivity contribution >= 4 is 18.3 Å². The highest BCUT2D eigenvalue weighted by Gasteiger charge is 2.16. The molecule has 1 N–H and O–H groups in total. The summed E-state index contributed by atoms with van der Waals surface area (Å²) >= 11 is 0. The Hall–Kier alpha value is -2.04. The van der Waals surface area contributed by atoms with Gasteiger partial charge in [-0.3, -0.25) is 4.79 Å². The zero-order chi connectivity index (χ0) is 16.2. The molecule has 0 bridgehead atoms. The second-order valence-corrected chi connectivity index (χ2v) is 5.93. The van der Waals surface area contributed by atoms with Crippen molar-refractivity contribution in [2.45, 2.75) is 20.0 Å². The lowest BCUT2D eigenvalue weighted by Gasteiger charge is -2.18. The van der Waals surface area contributed by atoms with Gasteiger partial charge in [0.05, 0.1) is 6.54 Å². The third-order valence-corrected chi connectivity index (χ3v) is 4.21. The minimum absolute atomic E-state index is 0. The summed E-state index contributed by atoms with van der Waals surface area (Å²) in [6.07, 6.45) is 0. The van der Waals surface area contributed by atoms with Crippen LogP contribution in [0.4, 0.5) is 0 Å². The Balaban J connectivity index is 0.00000208. The van der Waals surface area contributed by atoms with E-state index in [-0.39, 0.29) is 18.3 Å². The number of carbonyl (C=O) groups excluding carboxylic acids is 1. The average molecular weight is 347 g/mol. The van der Waals surface area contributed by atoms with Gasteiger partial charge in [-0.1, -0.05) is 24.3 Å². The van der Waals surface area contributed by atoms with Crippen molar-refractivity contribution in [3.05, 3.63) is 64.7 Å². The quantitative estimate of drug-likeness (QED) is 0.904. The highest BCUT2D eigenvalue weighted by Crippen LogP contribution is 2.18. The van der Waals surface area contributed by atoms with Crippen molar-refractivity contribution in [2.24, 2.45) is 0 Å². The van der Waals surface area contributed by atoms with Gasteiger partial charge < -0.3 is 15.0 Å². The van der Waals surface area contributed by atoms with Crippen LogP contribution in [-0.4, -0.2) is 31.0 Å². The molecule has 1 aliphatic rings. The molecule has 0 aromatic heterocycles. The van der Waals surface area contributed by atoms with Gasteiger partial charge in [-0.2, -0.15) is 0 Å². The van der Waals surface area contributed by atoms with Gasteiger partial charge in [-0.05, 0) is 41.8 Å². The van der Waals surface area contributed by atoms with E-state index < -0.39 is 0 Å². The lowest BCUT2D eigenvalue weighted by molar-refractivity contribution is 0.0773. The molecule has 4 nitrogen and oxygen atoms in total. The van der Waals surface area contributed by atoms with E-state index in [0.717, 1.165) is 30.0 Å². The largest absolute Gasteiger partial charge is 0.491 e. The maximum atomic E-state index is 12.5. The molecule has 24 heavy (non-hydrogen) atoms. The number of amides is 1. The predicted molar refractivity (Wildman–Crippen MR) is 97.9 cm³/mol. The van der Waals surface area contributed by atoms with Crippen LogP contribution < -0.4 is 10.1 Å². The topological polar surface area (TPSA) is 41.6 Å². The van der Waals surface area contributed by atoms with Crippen LogP contribution in [0.25, 0.3) is 0 Å². The normalized spacial score (nSPS) is 12.2. The Morgan fingerprint density at radius 3 is 2.71 bits per heavy atom. The molecule has 0 unspecified atom stereocenters. The van der Waals surface area contributed by atoms with Crippen LogP contribution in [0.2, 0.25) is 0 Å². The molecule has 128 valence electrons. The highest BCUT2D eigenvalue weighted by atomic mass is 35.5. The van der Waals surface area contributed by atoms with Crippen LogP contribution in [0, 0.1) is 6.92 Å². The zero-order valence-electron chi connectivity index (χ0n) is 14.0. The molecule has 0 radical (unpaired) electrons. The summed E-state index contributed by atoms with van der Waals surface area (Å²) in [5, 5.41) is 3.30. The van der Waals surface area contributed by atoms with Gasteiger partial charge in [0.25, 0.3) is 5.91 Å². The van der Waals surface area contributed by atoms with E-state index in [1.165, 1.54) is 11.1 Å². The number of halogens is 1. The van der Waals surface area contributed by atoms with E-state index in [0.29, 0.717) is 13.2 Å². The number of carbonyl (C=O) groups is 1. The fourth-order valence-corrected chi connectivity index (χ4v) is 2.76. The molecule has 0 saturated heterocycles. The first-order chi connectivity index (χ1) is 11.1. The van der Waals surface area contributed by atoms with Crippen molar-refractivity contribution in [1.82, 2.24) is 10.2 Å². The van der Waals surface area contributed by atoms with Crippen LogP contribution >= 0.6 is 12.4 Å². The molecule has 5 heteroatoms. The van der Waals surface area contributed by atoms with Crippen molar-refractivity contribution in [2.75, 3.05) is 20.2 Å². The molecule has 2 aromatic rings. The van der Waals surface area contributed by atoms with E-state index in [4.69, 9.17) is 4.74 Å². The average Bonchev–Trinajstić information content (AvgIpc) is 3.03. The van der Waals surface area contributed by atoms with E-state index in [1.54, 1.807) is 4.90 Å². The van der Waals surface area contributed by atoms with Crippen molar-refractivity contribution in [3.8, 4) is 5.75 Å². The monoisotopic (exact) mass is 346 g/mol. The number of hydrogen-bond donors (Lipinski definition) is 1. The van der Waals surface area contributed by atoms with Crippen LogP contribution in [0.3, 0.4) is 0 Å². The smallest absolute Gasteiger partial charge is 0.253 e. The summed E-state index contributed by atoms with van der Waals surface area (Å²) in [7, 11) is 1.81. The van der Waals surface area contributed by atoms with Crippen LogP contribution in [0.1, 0.15) is 27.0 Å². The first-order valence-corrected chi connectivity index (χ1v) is 7.91. The summed E-state index contributed by atoms with van der Waals surface area (Å²) in [5.41, 5.74) is 4.35. The number of benzene rings is 2. The van der Waals surface area contributed by atoms with E-state index in [9.17, 15) is 4.79 Å². The number of nitrogens with zero attached hydrogens (tertiary/aromatic N) is 1. The van der Waals surface area contributed by atoms with Crippen LogP contribution in [-0.2, 0) is 13.1 Å². The van der Waals surface area contributed by atoms with E-state index >= 15 is 0 Å². The second kappa shape index (κ2) is 8.18. The van der Waals surface area contributed by atoms with Gasteiger partial charge in [0.1, 0.15) is 12.4 Å². The molecule has 1 aliphatic heterocycles. The van der Waals surface area contributed by atoms with Gasteiger partial charge in [0.2, 0.25) is 0 Å². The summed E-state index contributed by atoms with van der Waals surface area (Å²) in [5.74, 6) is 0.907. The molecule has 3 rings (SSSR count). The fourth-order valence-electron chi connectivity index (χ4n) is 2.76. The van der Waals surface area contributed by atoms with E-state index in [2.05, 4.69) is 5.32 Å². The SMILES string of the molecule is Cc1ccccc1OCCN(C)C(=O)c1ccc2c(c1)CNC2.Cl. The Kier molecular flexibility index (Phi) is 6.23. The minimum Gasteiger partial charge on any atom is -0.491 e. The van der Waals surface area contributed by atoms with E-state index in [1.807, 2.05) is 56.4 Å². The summed E-state index contributed by atoms with van der Waals surface area (Å²) < 4.78 is 5.76. The van der Waals surface area contributed by atoms with Crippen LogP contribution in [0.15, 0.2) is 42.5 Å². The first-order valence-electron chi connectivity index (χ1n) is 7.91. The Morgan fingerprint density at radius 1 is 1.17 bits per heavy atom. The number of likely N-dealkylation sites (N-methyl/N-ethyl adjacent to an activating group) is 1. The van der Waals surface area contributed by atoms with Crippen molar-refractivity contribution < 1.29 is 9.53 Å². The number of nitrogens with one attached hydrogen (secondary N) is 1. The standard InChI is InChI=1S/C19H22N2O2.ClH/c1-14-5-3-4-6-18(14)23-10-9-21(2)19(22)15-7-8-16-12-20-13-17(16)11-15;/h3-8,11,20H,9-10,12-13H2,1-2H3;1H. The maximum absolute atomic E-state index is 12.5. The molecule has 0 fully saturated rings. The minimum atomic E-state index is 0. The third kappa shape index (κ3) is 4.08. The molecule has 0 aliphatic carbocycles. The fraction of sp³-hybridized carbons (Fsp3) is 0.316. The molecule has 0 spiro atoms. The van der Waals surface area contributed by atoms with Gasteiger partial charge in [-0.15, -0.1) is 12.4 Å². The summed E-state index contributed by atoms with van der Waals surface area (Å²) in [6.45, 7) is 4.80. The Bertz CT molecular complexity index is 718. The van der Waals surface area contributed by atoms with Crippen molar-refractivity contribution in [1.29, 1.82) is 0 Å². The predicted octanol–water partition coefficient (Wildman–Crippen LogP) is 3.17. The zero-order valence-corrected chi connectivity index (χ0v) is 14.9. The van der Waals surface area contributed by atoms with Gasteiger partial charge >= 0.3 is 0 Å². The number of ether oxygens (including phenoxy) is 1. The molecular formula is C19H23ClN2O2. The molecule has 0 atom stereocenters. The van der Waals surface area contributed by atoms with Gasteiger partial charge in [0, 0.05) is 25.7 Å². The summed E-state index contributed by atoms with van der Waals surface area (Å²) in [4.78, 5) is 14.2. The Labute approximate surface area is 149 Å². The summed E-state index contributed by atoms with van der Waals surface area (Å²) in [6, 6.07) is 13.9. The second-order valence-electron chi connectivity index (χ2n) is 5.93. The number of hydrogen-bond acceptors (Lipinski definition) is 3. The third-order valence-electron chi connectivity index (χ3n) is 4.21. The lowest BCUT2D eigenvalue weighted by Crippen LogP contribution is -2.31. The number of rotatable bonds is 5. The molecule has 1 amide bonds. The highest BCUT2D eigenvalue weighted by molar-refractivity contribution is 5.94. The first kappa shape index (κ1) is 18.3. The maximum Gasteiger partial charge on any atom is 0.253 e. The van der Waals surface area contributed by atoms with Crippen molar-refractivity contribution in [3.63, 3.8) is 0 Å².